The fraction of sp³-hybridized carbons (Fsp3) is 0.312. The van der Waals surface area contributed by atoms with Crippen molar-refractivity contribution < 1.29 is 23.5 Å². The number of hydroxylamine groups is 1. The standard InChI is InChI=1S/C16H19NO5/c1-19-13-8-3-9-14(20-2)15(13)16(18)17-22-11-5-7-12-6-4-10-21-12/h3-4,6,8-10H,5,7,11H2,1-2H3,(H,17,18). The second-order valence-electron chi connectivity index (χ2n) is 4.50. The van der Waals surface area contributed by atoms with Crippen LogP contribution in [0.25, 0.3) is 0 Å². The summed E-state index contributed by atoms with van der Waals surface area (Å²) >= 11 is 0. The molecule has 0 bridgehead atoms. The lowest BCUT2D eigenvalue weighted by Crippen LogP contribution is -2.25. The summed E-state index contributed by atoms with van der Waals surface area (Å²) in [7, 11) is 2.99. The summed E-state index contributed by atoms with van der Waals surface area (Å²) in [6.45, 7) is 0.379. The summed E-state index contributed by atoms with van der Waals surface area (Å²) in [5.41, 5.74) is 2.70. The lowest BCUT2D eigenvalue weighted by Gasteiger charge is -2.12. The Morgan fingerprint density at radius 1 is 1.14 bits per heavy atom. The highest BCUT2D eigenvalue weighted by Gasteiger charge is 2.18. The molecule has 2 rings (SSSR count). The zero-order valence-electron chi connectivity index (χ0n) is 12.6. The van der Waals surface area contributed by atoms with Crippen molar-refractivity contribution in [2.24, 2.45) is 0 Å². The predicted molar refractivity (Wildman–Crippen MR) is 80.0 cm³/mol. The van der Waals surface area contributed by atoms with Crippen molar-refractivity contribution >= 4 is 5.91 Å². The molecule has 0 atom stereocenters. The van der Waals surface area contributed by atoms with Gasteiger partial charge in [0.15, 0.2) is 0 Å². The van der Waals surface area contributed by atoms with Crippen LogP contribution in [0.1, 0.15) is 22.5 Å². The van der Waals surface area contributed by atoms with Crippen molar-refractivity contribution in [3.8, 4) is 11.5 Å². The molecule has 1 N–H and O–H groups in total. The first kappa shape index (κ1) is 15.9. The van der Waals surface area contributed by atoms with Crippen LogP contribution >= 0.6 is 0 Å². The van der Waals surface area contributed by atoms with Crippen LogP contribution in [0.3, 0.4) is 0 Å². The molecule has 1 amide bonds. The monoisotopic (exact) mass is 305 g/mol. The van der Waals surface area contributed by atoms with E-state index in [0.29, 0.717) is 23.7 Å². The number of furan rings is 1. The summed E-state index contributed by atoms with van der Waals surface area (Å²) < 4.78 is 15.6. The SMILES string of the molecule is COc1cccc(OC)c1C(=O)NOCCCc1ccco1. The molecular formula is C16H19NO5. The van der Waals surface area contributed by atoms with E-state index in [-0.39, 0.29) is 0 Å². The average Bonchev–Trinajstić information content (AvgIpc) is 3.06. The predicted octanol–water partition coefficient (Wildman–Crippen LogP) is 2.59. The van der Waals surface area contributed by atoms with E-state index in [4.69, 9.17) is 18.7 Å². The molecule has 0 saturated heterocycles. The lowest BCUT2D eigenvalue weighted by atomic mass is 10.1. The number of aryl methyl sites for hydroxylation is 1. The second-order valence-corrected chi connectivity index (χ2v) is 4.50. The second kappa shape index (κ2) is 8.09. The quantitative estimate of drug-likeness (QED) is 0.599. The van der Waals surface area contributed by atoms with Crippen LogP contribution in [-0.2, 0) is 11.3 Å². The van der Waals surface area contributed by atoms with Crippen molar-refractivity contribution in [2.75, 3.05) is 20.8 Å². The molecule has 118 valence electrons. The highest BCUT2D eigenvalue weighted by atomic mass is 16.6. The molecule has 6 nitrogen and oxygen atoms in total. The molecule has 0 spiro atoms. The number of nitrogens with one attached hydrogen (secondary N) is 1. The Morgan fingerprint density at radius 3 is 2.45 bits per heavy atom. The van der Waals surface area contributed by atoms with Crippen LogP contribution < -0.4 is 15.0 Å². The molecule has 6 heteroatoms. The van der Waals surface area contributed by atoms with Gasteiger partial charge in [0.1, 0.15) is 22.8 Å². The van der Waals surface area contributed by atoms with Crippen LogP contribution in [-0.4, -0.2) is 26.7 Å². The number of hydrogen-bond donors (Lipinski definition) is 1. The topological polar surface area (TPSA) is 69.9 Å². The average molecular weight is 305 g/mol. The molecule has 1 heterocycles. The van der Waals surface area contributed by atoms with Gasteiger partial charge in [-0.05, 0) is 30.7 Å². The number of rotatable bonds is 8. The van der Waals surface area contributed by atoms with E-state index in [0.717, 1.165) is 18.6 Å². The summed E-state index contributed by atoms with van der Waals surface area (Å²) in [6.07, 6.45) is 3.11. The van der Waals surface area contributed by atoms with Crippen LogP contribution in [0.15, 0.2) is 41.0 Å². The number of ether oxygens (including phenoxy) is 2. The first-order valence-electron chi connectivity index (χ1n) is 6.91. The molecule has 0 fully saturated rings. The van der Waals surface area contributed by atoms with Crippen molar-refractivity contribution in [2.45, 2.75) is 12.8 Å². The summed E-state index contributed by atoms with van der Waals surface area (Å²) in [5.74, 6) is 1.33. The Balaban J connectivity index is 1.84. The zero-order chi connectivity index (χ0) is 15.8. The highest BCUT2D eigenvalue weighted by Crippen LogP contribution is 2.27. The largest absolute Gasteiger partial charge is 0.496 e. The third kappa shape index (κ3) is 4.02. The molecule has 0 saturated carbocycles. The van der Waals surface area contributed by atoms with Crippen LogP contribution in [0.2, 0.25) is 0 Å². The van der Waals surface area contributed by atoms with Gasteiger partial charge in [-0.2, -0.15) is 0 Å². The van der Waals surface area contributed by atoms with Crippen molar-refractivity contribution in [3.05, 3.63) is 47.9 Å². The van der Waals surface area contributed by atoms with E-state index in [1.165, 1.54) is 14.2 Å². The maximum Gasteiger partial charge on any atom is 0.282 e. The highest BCUT2D eigenvalue weighted by molar-refractivity contribution is 5.99. The number of amides is 1. The van der Waals surface area contributed by atoms with Crippen molar-refractivity contribution in [1.29, 1.82) is 0 Å². The van der Waals surface area contributed by atoms with E-state index in [1.54, 1.807) is 24.5 Å². The molecule has 0 aliphatic heterocycles. The number of benzene rings is 1. The smallest absolute Gasteiger partial charge is 0.282 e. The first-order chi connectivity index (χ1) is 10.8. The fourth-order valence-corrected chi connectivity index (χ4v) is 2.02. The number of hydrogen-bond acceptors (Lipinski definition) is 5. The third-order valence-electron chi connectivity index (χ3n) is 3.07. The van der Waals surface area contributed by atoms with E-state index < -0.39 is 5.91 Å². The molecule has 0 unspecified atom stereocenters. The molecule has 2 aromatic rings. The summed E-state index contributed by atoms with van der Waals surface area (Å²) in [6, 6.07) is 8.87. The summed E-state index contributed by atoms with van der Waals surface area (Å²) in [5, 5.41) is 0. The summed E-state index contributed by atoms with van der Waals surface area (Å²) in [4.78, 5) is 17.4. The molecule has 0 aliphatic carbocycles. The molecule has 0 radical (unpaired) electrons. The van der Waals surface area contributed by atoms with Crippen LogP contribution in [0.5, 0.6) is 11.5 Å². The van der Waals surface area contributed by atoms with E-state index in [1.807, 2.05) is 12.1 Å². The first-order valence-corrected chi connectivity index (χ1v) is 6.91. The molecule has 1 aromatic carbocycles. The van der Waals surface area contributed by atoms with Crippen molar-refractivity contribution in [1.82, 2.24) is 5.48 Å². The minimum Gasteiger partial charge on any atom is -0.496 e. The molecular weight excluding hydrogens is 286 g/mol. The molecule has 1 aromatic heterocycles. The third-order valence-corrected chi connectivity index (χ3v) is 3.07. The van der Waals surface area contributed by atoms with Gasteiger partial charge in [-0.25, -0.2) is 5.48 Å². The van der Waals surface area contributed by atoms with E-state index in [2.05, 4.69) is 5.48 Å². The fourth-order valence-electron chi connectivity index (χ4n) is 2.02. The maximum absolute atomic E-state index is 12.2. The normalized spacial score (nSPS) is 10.3. The van der Waals surface area contributed by atoms with Crippen LogP contribution in [0.4, 0.5) is 0 Å². The van der Waals surface area contributed by atoms with Gasteiger partial charge >= 0.3 is 0 Å². The van der Waals surface area contributed by atoms with Gasteiger partial charge in [-0.1, -0.05) is 6.07 Å². The van der Waals surface area contributed by atoms with E-state index >= 15 is 0 Å². The van der Waals surface area contributed by atoms with Crippen molar-refractivity contribution in [3.63, 3.8) is 0 Å². The lowest BCUT2D eigenvalue weighted by molar-refractivity contribution is 0.0297. The Kier molecular flexibility index (Phi) is 5.85. The molecule has 22 heavy (non-hydrogen) atoms. The van der Waals surface area contributed by atoms with Gasteiger partial charge < -0.3 is 13.9 Å². The van der Waals surface area contributed by atoms with Gasteiger partial charge in [-0.3, -0.25) is 9.63 Å². The van der Waals surface area contributed by atoms with Gasteiger partial charge in [0.2, 0.25) is 0 Å². The number of methoxy groups -OCH3 is 2. The Labute approximate surface area is 128 Å². The Bertz CT molecular complexity index is 572. The molecule has 0 aliphatic rings. The Morgan fingerprint density at radius 2 is 1.86 bits per heavy atom. The van der Waals surface area contributed by atoms with E-state index in [9.17, 15) is 4.79 Å². The van der Waals surface area contributed by atoms with Gasteiger partial charge in [0, 0.05) is 6.42 Å². The Hall–Kier alpha value is -2.47. The minimum atomic E-state index is -0.410. The van der Waals surface area contributed by atoms with Gasteiger partial charge in [0.05, 0.1) is 27.1 Å². The zero-order valence-corrected chi connectivity index (χ0v) is 12.6. The van der Waals surface area contributed by atoms with Crippen LogP contribution in [0, 0.1) is 0 Å². The minimum absolute atomic E-state index is 0.304. The number of carbonyl (C=O) groups excluding carboxylic acids is 1. The number of carbonyl (C=O) groups is 1. The maximum atomic E-state index is 12.2. The van der Waals surface area contributed by atoms with Gasteiger partial charge in [-0.15, -0.1) is 0 Å². The van der Waals surface area contributed by atoms with Gasteiger partial charge in [0.25, 0.3) is 5.91 Å².